The summed E-state index contributed by atoms with van der Waals surface area (Å²) < 4.78 is 0. The van der Waals surface area contributed by atoms with Crippen molar-refractivity contribution < 1.29 is 9.59 Å². The molecule has 0 bridgehead atoms. The lowest BCUT2D eigenvalue weighted by Gasteiger charge is -2.41. The Morgan fingerprint density at radius 1 is 1.50 bits per heavy atom. The van der Waals surface area contributed by atoms with E-state index in [1.54, 1.807) is 0 Å². The number of carbonyl (C=O) groups is 2. The predicted octanol–water partition coefficient (Wildman–Crippen LogP) is 0.0984. The van der Waals surface area contributed by atoms with Crippen molar-refractivity contribution in [2.75, 3.05) is 19.6 Å². The molecule has 0 aromatic carbocycles. The SMILES string of the molecule is CC1CCCN(C(=O)C2CCC(=O)NC2)C1CN. The van der Waals surface area contributed by atoms with Gasteiger partial charge >= 0.3 is 0 Å². The molecule has 18 heavy (non-hydrogen) atoms. The maximum absolute atomic E-state index is 12.5. The minimum absolute atomic E-state index is 0.0537. The molecule has 2 aliphatic rings. The van der Waals surface area contributed by atoms with Gasteiger partial charge in [-0.05, 0) is 25.2 Å². The zero-order chi connectivity index (χ0) is 13.1. The third-order valence-corrected chi connectivity index (χ3v) is 4.25. The van der Waals surface area contributed by atoms with Crippen LogP contribution in [0.2, 0.25) is 0 Å². The van der Waals surface area contributed by atoms with Gasteiger partial charge in [-0.25, -0.2) is 0 Å². The van der Waals surface area contributed by atoms with Crippen LogP contribution in [0.5, 0.6) is 0 Å². The first-order chi connectivity index (χ1) is 8.63. The highest BCUT2D eigenvalue weighted by Crippen LogP contribution is 2.25. The second-order valence-electron chi connectivity index (χ2n) is 5.49. The quantitative estimate of drug-likeness (QED) is 0.733. The number of nitrogens with zero attached hydrogens (tertiary/aromatic N) is 1. The lowest BCUT2D eigenvalue weighted by molar-refractivity contribution is -0.142. The Morgan fingerprint density at radius 2 is 2.28 bits per heavy atom. The standard InChI is InChI=1S/C13H23N3O2/c1-9-3-2-6-16(11(9)7-14)13(18)10-4-5-12(17)15-8-10/h9-11H,2-8,14H2,1H3,(H,15,17). The van der Waals surface area contributed by atoms with Gasteiger partial charge in [0.25, 0.3) is 0 Å². The molecular formula is C13H23N3O2. The molecule has 2 rings (SSSR count). The fourth-order valence-corrected chi connectivity index (χ4v) is 3.06. The van der Waals surface area contributed by atoms with Gasteiger partial charge in [-0.2, -0.15) is 0 Å². The van der Waals surface area contributed by atoms with E-state index in [0.29, 0.717) is 31.8 Å². The maximum Gasteiger partial charge on any atom is 0.227 e. The van der Waals surface area contributed by atoms with Crippen molar-refractivity contribution in [2.24, 2.45) is 17.6 Å². The first-order valence-corrected chi connectivity index (χ1v) is 6.90. The molecule has 2 fully saturated rings. The Morgan fingerprint density at radius 3 is 2.89 bits per heavy atom. The second-order valence-corrected chi connectivity index (χ2v) is 5.49. The molecule has 0 saturated carbocycles. The average molecular weight is 253 g/mol. The lowest BCUT2D eigenvalue weighted by atomic mass is 9.88. The summed E-state index contributed by atoms with van der Waals surface area (Å²) in [7, 11) is 0. The molecule has 3 unspecified atom stereocenters. The summed E-state index contributed by atoms with van der Waals surface area (Å²) in [6, 6.07) is 0.170. The minimum Gasteiger partial charge on any atom is -0.355 e. The number of carbonyl (C=O) groups excluding carboxylic acids is 2. The molecule has 2 amide bonds. The zero-order valence-electron chi connectivity index (χ0n) is 11.0. The predicted molar refractivity (Wildman–Crippen MR) is 68.7 cm³/mol. The number of amides is 2. The van der Waals surface area contributed by atoms with Gasteiger partial charge in [0.1, 0.15) is 0 Å². The highest BCUT2D eigenvalue weighted by Gasteiger charge is 2.35. The molecule has 102 valence electrons. The Balaban J connectivity index is 2.00. The van der Waals surface area contributed by atoms with Crippen LogP contribution in [0.4, 0.5) is 0 Å². The second kappa shape index (κ2) is 5.69. The van der Waals surface area contributed by atoms with Crippen LogP contribution in [0.3, 0.4) is 0 Å². The van der Waals surface area contributed by atoms with Crippen molar-refractivity contribution in [2.45, 2.75) is 38.6 Å². The summed E-state index contributed by atoms with van der Waals surface area (Å²) in [6.07, 6.45) is 3.34. The normalized spacial score (nSPS) is 33.1. The Bertz CT molecular complexity index is 322. The smallest absolute Gasteiger partial charge is 0.227 e. The van der Waals surface area contributed by atoms with E-state index in [2.05, 4.69) is 12.2 Å². The summed E-state index contributed by atoms with van der Waals surface area (Å²) in [5, 5.41) is 2.78. The Labute approximate surface area is 108 Å². The van der Waals surface area contributed by atoms with E-state index >= 15 is 0 Å². The molecule has 0 aromatic heterocycles. The highest BCUT2D eigenvalue weighted by molar-refractivity contribution is 5.84. The van der Waals surface area contributed by atoms with Crippen LogP contribution in [0.1, 0.15) is 32.6 Å². The molecule has 2 saturated heterocycles. The van der Waals surface area contributed by atoms with Crippen molar-refractivity contribution in [3.8, 4) is 0 Å². The summed E-state index contributed by atoms with van der Waals surface area (Å²) in [5.41, 5.74) is 5.81. The molecule has 5 nitrogen and oxygen atoms in total. The van der Waals surface area contributed by atoms with Crippen LogP contribution >= 0.6 is 0 Å². The summed E-state index contributed by atoms with van der Waals surface area (Å²) >= 11 is 0. The first-order valence-electron chi connectivity index (χ1n) is 6.90. The van der Waals surface area contributed by atoms with Crippen LogP contribution in [0.25, 0.3) is 0 Å². The van der Waals surface area contributed by atoms with E-state index in [4.69, 9.17) is 5.73 Å². The molecular weight excluding hydrogens is 230 g/mol. The molecule has 0 radical (unpaired) electrons. The Kier molecular flexibility index (Phi) is 4.22. The number of hydrogen-bond acceptors (Lipinski definition) is 3. The van der Waals surface area contributed by atoms with Gasteiger partial charge in [0.05, 0.1) is 5.92 Å². The topological polar surface area (TPSA) is 75.4 Å². The summed E-state index contributed by atoms with van der Waals surface area (Å²) in [4.78, 5) is 25.6. The molecule has 0 aliphatic carbocycles. The minimum atomic E-state index is -0.0537. The third kappa shape index (κ3) is 2.66. The van der Waals surface area contributed by atoms with E-state index in [-0.39, 0.29) is 23.8 Å². The van der Waals surface area contributed by atoms with Gasteiger partial charge in [-0.1, -0.05) is 6.92 Å². The van der Waals surface area contributed by atoms with Gasteiger partial charge < -0.3 is 16.0 Å². The molecule has 5 heteroatoms. The van der Waals surface area contributed by atoms with Crippen LogP contribution in [0.15, 0.2) is 0 Å². The average Bonchev–Trinajstić information content (AvgIpc) is 2.38. The molecule has 3 atom stereocenters. The van der Waals surface area contributed by atoms with E-state index in [1.165, 1.54) is 0 Å². The number of nitrogens with one attached hydrogen (secondary N) is 1. The molecule has 3 N–H and O–H groups in total. The van der Waals surface area contributed by atoms with Crippen molar-refractivity contribution in [1.82, 2.24) is 10.2 Å². The van der Waals surface area contributed by atoms with Crippen molar-refractivity contribution in [1.29, 1.82) is 0 Å². The molecule has 2 heterocycles. The van der Waals surface area contributed by atoms with Gasteiger partial charge in [-0.15, -0.1) is 0 Å². The van der Waals surface area contributed by atoms with Crippen molar-refractivity contribution in [3.63, 3.8) is 0 Å². The van der Waals surface area contributed by atoms with E-state index < -0.39 is 0 Å². The van der Waals surface area contributed by atoms with Gasteiger partial charge in [0.15, 0.2) is 0 Å². The van der Waals surface area contributed by atoms with Crippen LogP contribution in [-0.4, -0.2) is 42.4 Å². The van der Waals surface area contributed by atoms with Gasteiger partial charge in [0, 0.05) is 32.1 Å². The highest BCUT2D eigenvalue weighted by atomic mass is 16.2. The Hall–Kier alpha value is -1.10. The van der Waals surface area contributed by atoms with Crippen molar-refractivity contribution in [3.05, 3.63) is 0 Å². The fraction of sp³-hybridized carbons (Fsp3) is 0.846. The number of likely N-dealkylation sites (tertiary alicyclic amines) is 1. The lowest BCUT2D eigenvalue weighted by Crippen LogP contribution is -2.55. The maximum atomic E-state index is 12.5. The third-order valence-electron chi connectivity index (χ3n) is 4.25. The van der Waals surface area contributed by atoms with Crippen LogP contribution < -0.4 is 11.1 Å². The summed E-state index contributed by atoms with van der Waals surface area (Å²) in [6.45, 7) is 4.00. The number of hydrogen-bond donors (Lipinski definition) is 2. The molecule has 0 spiro atoms. The fourth-order valence-electron chi connectivity index (χ4n) is 3.06. The van der Waals surface area contributed by atoms with Gasteiger partial charge in [0.2, 0.25) is 11.8 Å². The van der Waals surface area contributed by atoms with Crippen LogP contribution in [0, 0.1) is 11.8 Å². The monoisotopic (exact) mass is 253 g/mol. The molecule has 2 aliphatic heterocycles. The number of rotatable bonds is 2. The summed E-state index contributed by atoms with van der Waals surface area (Å²) in [5.74, 6) is 0.659. The van der Waals surface area contributed by atoms with Crippen LogP contribution in [-0.2, 0) is 9.59 Å². The van der Waals surface area contributed by atoms with Gasteiger partial charge in [-0.3, -0.25) is 9.59 Å². The number of piperidine rings is 2. The van der Waals surface area contributed by atoms with E-state index in [9.17, 15) is 9.59 Å². The van der Waals surface area contributed by atoms with E-state index in [1.807, 2.05) is 4.90 Å². The zero-order valence-corrected chi connectivity index (χ0v) is 11.0. The van der Waals surface area contributed by atoms with E-state index in [0.717, 1.165) is 19.4 Å². The largest absolute Gasteiger partial charge is 0.355 e. The first kappa shape index (κ1) is 13.3. The number of nitrogens with two attached hydrogens (primary N) is 1. The molecule has 0 aromatic rings. The van der Waals surface area contributed by atoms with Crippen molar-refractivity contribution >= 4 is 11.8 Å².